The summed E-state index contributed by atoms with van der Waals surface area (Å²) in [5.74, 6) is -0.448. The molecule has 1 aliphatic rings. The third-order valence-electron chi connectivity index (χ3n) is 1.44. The highest BCUT2D eigenvalue weighted by Crippen LogP contribution is 2.06. The first-order valence-corrected chi connectivity index (χ1v) is 3.44. The highest BCUT2D eigenvalue weighted by molar-refractivity contribution is 5.76. The zero-order valence-corrected chi connectivity index (χ0v) is 6.36. The summed E-state index contributed by atoms with van der Waals surface area (Å²) in [5, 5.41) is 0. The molecule has 0 atom stereocenters. The first kappa shape index (κ1) is 7.79. The molecular formula is C9H10O2. The standard InChI is InChI=1S/C9H10O2/c1-11-9(10)8-6-4-2-3-5-7-8/h2-8H,1H3/i2+1,3+1,4+1,5+1,6+1,7+1. The van der Waals surface area contributed by atoms with Crippen molar-refractivity contribution in [3.63, 3.8) is 0 Å². The van der Waals surface area contributed by atoms with Crippen molar-refractivity contribution in [3.8, 4) is 0 Å². The summed E-state index contributed by atoms with van der Waals surface area (Å²) >= 11 is 0. The number of esters is 1. The number of ether oxygens (including phenoxy) is 1. The van der Waals surface area contributed by atoms with Crippen LogP contribution in [0.1, 0.15) is 0 Å². The van der Waals surface area contributed by atoms with Crippen molar-refractivity contribution < 1.29 is 9.53 Å². The minimum absolute atomic E-state index is 0.221. The molecule has 0 amide bonds. The first-order chi connectivity index (χ1) is 5.34. The van der Waals surface area contributed by atoms with E-state index < -0.39 is 0 Å². The molecule has 0 aromatic carbocycles. The van der Waals surface area contributed by atoms with E-state index in [1.807, 2.05) is 24.3 Å². The number of hydrogen-bond donors (Lipinski definition) is 0. The third kappa shape index (κ3) is 2.08. The Labute approximate surface area is 65.9 Å². The Kier molecular flexibility index (Phi) is 2.66. The van der Waals surface area contributed by atoms with Crippen LogP contribution in [-0.2, 0) is 9.53 Å². The zero-order valence-electron chi connectivity index (χ0n) is 6.36. The molecule has 1 rings (SSSR count). The Balaban J connectivity index is 2.67. The van der Waals surface area contributed by atoms with E-state index in [2.05, 4.69) is 4.74 Å². The molecule has 0 aromatic rings. The molecule has 0 bridgehead atoms. The maximum absolute atomic E-state index is 11.0. The maximum Gasteiger partial charge on any atom is 0.316 e. The highest BCUT2D eigenvalue weighted by atomic mass is 16.5. The molecule has 0 N–H and O–H groups in total. The zero-order chi connectivity index (χ0) is 8.10. The van der Waals surface area contributed by atoms with Gasteiger partial charge in [0.1, 0.15) is 0 Å². The second-order valence-electron chi connectivity index (χ2n) is 2.20. The lowest BCUT2D eigenvalue weighted by atomic mass is 10.4. The molecule has 58 valence electrons. The molecule has 0 saturated carbocycles. The lowest BCUT2D eigenvalue weighted by Gasteiger charge is -2.02. The average molecular weight is 156 g/mol. The quantitative estimate of drug-likeness (QED) is 0.424. The molecule has 1 aliphatic carbocycles. The van der Waals surface area contributed by atoms with Gasteiger partial charge >= 0.3 is 5.97 Å². The largest absolute Gasteiger partial charge is 0.468 e. The van der Waals surface area contributed by atoms with Crippen molar-refractivity contribution in [2.75, 3.05) is 7.11 Å². The van der Waals surface area contributed by atoms with Gasteiger partial charge in [0.15, 0.2) is 0 Å². The molecule has 0 saturated heterocycles. The fourth-order valence-electron chi connectivity index (χ4n) is 0.853. The van der Waals surface area contributed by atoms with Gasteiger partial charge in [0.25, 0.3) is 0 Å². The van der Waals surface area contributed by atoms with Crippen molar-refractivity contribution >= 4 is 5.97 Å². The van der Waals surface area contributed by atoms with Gasteiger partial charge in [-0.3, -0.25) is 4.79 Å². The first-order valence-electron chi connectivity index (χ1n) is 3.44. The molecular weight excluding hydrogens is 146 g/mol. The van der Waals surface area contributed by atoms with E-state index in [1.54, 1.807) is 12.2 Å². The van der Waals surface area contributed by atoms with Crippen LogP contribution in [0.5, 0.6) is 0 Å². The number of methoxy groups -OCH3 is 1. The maximum atomic E-state index is 11.0. The van der Waals surface area contributed by atoms with E-state index in [4.69, 9.17) is 0 Å². The predicted octanol–water partition coefficient (Wildman–Crippen LogP) is 1.46. The molecule has 0 spiro atoms. The Bertz CT molecular complexity index is 208. The molecule has 0 unspecified atom stereocenters. The summed E-state index contributed by atoms with van der Waals surface area (Å²) in [4.78, 5) is 11.0. The Morgan fingerprint density at radius 3 is 2.18 bits per heavy atom. The van der Waals surface area contributed by atoms with Crippen LogP contribution in [0.15, 0.2) is 36.5 Å². The summed E-state index contributed by atoms with van der Waals surface area (Å²) < 4.78 is 4.58. The summed E-state index contributed by atoms with van der Waals surface area (Å²) in [6.07, 6.45) is 11.0. The smallest absolute Gasteiger partial charge is 0.316 e. The summed E-state index contributed by atoms with van der Waals surface area (Å²) in [7, 11) is 1.39. The van der Waals surface area contributed by atoms with Gasteiger partial charge in [0, 0.05) is 0 Å². The van der Waals surface area contributed by atoms with E-state index in [0.717, 1.165) is 0 Å². The molecule has 0 aromatic heterocycles. The van der Waals surface area contributed by atoms with Crippen LogP contribution >= 0.6 is 0 Å². The van der Waals surface area contributed by atoms with Crippen LogP contribution in [0.4, 0.5) is 0 Å². The molecule has 2 nitrogen and oxygen atoms in total. The molecule has 0 heterocycles. The summed E-state index contributed by atoms with van der Waals surface area (Å²) in [5.41, 5.74) is 0. The fourth-order valence-corrected chi connectivity index (χ4v) is 0.853. The fraction of sp³-hybridized carbons (Fsp3) is 0.222. The average Bonchev–Trinajstić information content (AvgIpc) is 2.30. The number of carbonyl (C=O) groups is 1. The van der Waals surface area contributed by atoms with E-state index in [1.165, 1.54) is 7.11 Å². The van der Waals surface area contributed by atoms with E-state index in [9.17, 15) is 4.79 Å². The van der Waals surface area contributed by atoms with Crippen molar-refractivity contribution in [2.45, 2.75) is 0 Å². The minimum atomic E-state index is -0.227. The van der Waals surface area contributed by atoms with Gasteiger partial charge in [-0.25, -0.2) is 0 Å². The van der Waals surface area contributed by atoms with Crippen LogP contribution < -0.4 is 0 Å². The van der Waals surface area contributed by atoms with Crippen molar-refractivity contribution in [2.24, 2.45) is 5.92 Å². The van der Waals surface area contributed by atoms with Gasteiger partial charge < -0.3 is 4.74 Å². The molecule has 11 heavy (non-hydrogen) atoms. The van der Waals surface area contributed by atoms with Crippen LogP contribution in [-0.4, -0.2) is 13.1 Å². The lowest BCUT2D eigenvalue weighted by molar-refractivity contribution is -0.142. The van der Waals surface area contributed by atoms with Gasteiger partial charge in [-0.2, -0.15) is 0 Å². The van der Waals surface area contributed by atoms with Gasteiger partial charge in [-0.05, 0) is 0 Å². The topological polar surface area (TPSA) is 26.3 Å². The third-order valence-corrected chi connectivity index (χ3v) is 1.44. The van der Waals surface area contributed by atoms with Gasteiger partial charge in [0.05, 0.1) is 13.0 Å². The number of allylic oxidation sites excluding steroid dienone is 4. The van der Waals surface area contributed by atoms with E-state index in [-0.39, 0.29) is 11.9 Å². The lowest BCUT2D eigenvalue weighted by Crippen LogP contribution is -2.10. The van der Waals surface area contributed by atoms with Crippen molar-refractivity contribution in [1.82, 2.24) is 0 Å². The van der Waals surface area contributed by atoms with E-state index in [0.29, 0.717) is 0 Å². The Hall–Kier alpha value is -1.31. The van der Waals surface area contributed by atoms with Crippen LogP contribution in [0.2, 0.25) is 0 Å². The Morgan fingerprint density at radius 1 is 1.18 bits per heavy atom. The monoisotopic (exact) mass is 156 g/mol. The SMILES string of the molecule is COC(=O)C1[13CH]=[13CH][13CH]=[13CH][13CH]=[13CH]1. The summed E-state index contributed by atoms with van der Waals surface area (Å²) in [6, 6.07) is 0. The predicted molar refractivity (Wildman–Crippen MR) is 42.9 cm³/mol. The number of rotatable bonds is 1. The van der Waals surface area contributed by atoms with Gasteiger partial charge in [-0.15, -0.1) is 0 Å². The van der Waals surface area contributed by atoms with E-state index >= 15 is 0 Å². The highest BCUT2D eigenvalue weighted by Gasteiger charge is 2.11. The Morgan fingerprint density at radius 2 is 1.73 bits per heavy atom. The molecule has 0 radical (unpaired) electrons. The van der Waals surface area contributed by atoms with Crippen molar-refractivity contribution in [1.29, 1.82) is 0 Å². The number of hydrogen-bond acceptors (Lipinski definition) is 2. The second-order valence-corrected chi connectivity index (χ2v) is 2.20. The second kappa shape index (κ2) is 3.76. The van der Waals surface area contributed by atoms with Gasteiger partial charge in [0.2, 0.25) is 0 Å². The normalized spacial score (nSPS) is 16.5. The molecule has 0 fully saturated rings. The molecule has 2 heteroatoms. The minimum Gasteiger partial charge on any atom is -0.468 e. The summed E-state index contributed by atoms with van der Waals surface area (Å²) in [6.45, 7) is 0. The number of carbonyl (C=O) groups excluding carboxylic acids is 1. The van der Waals surface area contributed by atoms with Crippen LogP contribution in [0, 0.1) is 5.92 Å². The van der Waals surface area contributed by atoms with Crippen LogP contribution in [0.3, 0.4) is 0 Å². The van der Waals surface area contributed by atoms with Crippen molar-refractivity contribution in [3.05, 3.63) is 36.5 Å². The van der Waals surface area contributed by atoms with Crippen LogP contribution in [0.25, 0.3) is 0 Å². The molecule has 0 aliphatic heterocycles. The van der Waals surface area contributed by atoms with Gasteiger partial charge in [-0.1, -0.05) is 36.5 Å².